The van der Waals surface area contributed by atoms with Crippen LogP contribution in [-0.2, 0) is 4.79 Å². The van der Waals surface area contributed by atoms with Crippen LogP contribution in [0.5, 0.6) is 5.88 Å². The van der Waals surface area contributed by atoms with Crippen LogP contribution in [-0.4, -0.2) is 33.6 Å². The molecule has 1 amide bonds. The van der Waals surface area contributed by atoms with Gasteiger partial charge in [0.1, 0.15) is 6.10 Å². The van der Waals surface area contributed by atoms with Crippen LogP contribution in [0.4, 0.5) is 0 Å². The number of ether oxygens (including phenoxy) is 1. The summed E-state index contributed by atoms with van der Waals surface area (Å²) in [6.07, 6.45) is 8.10. The molecule has 0 unspecified atom stereocenters. The lowest BCUT2D eigenvalue weighted by atomic mass is 9.57. The molecule has 2 bridgehead atoms. The van der Waals surface area contributed by atoms with Crippen molar-refractivity contribution in [3.63, 3.8) is 0 Å². The quantitative estimate of drug-likeness (QED) is 0.866. The van der Waals surface area contributed by atoms with E-state index in [2.05, 4.69) is 10.3 Å². The number of nitrogens with one attached hydrogen (secondary N) is 1. The molecule has 4 fully saturated rings. The van der Waals surface area contributed by atoms with Crippen molar-refractivity contribution in [2.45, 2.75) is 63.0 Å². The van der Waals surface area contributed by atoms with E-state index in [-0.39, 0.29) is 17.6 Å². The van der Waals surface area contributed by atoms with Crippen molar-refractivity contribution >= 4 is 11.9 Å². The molecular weight excluding hydrogens is 308 g/mol. The van der Waals surface area contributed by atoms with E-state index in [4.69, 9.17) is 4.74 Å². The van der Waals surface area contributed by atoms with E-state index in [1.54, 1.807) is 18.3 Å². The first kappa shape index (κ1) is 15.4. The molecule has 24 heavy (non-hydrogen) atoms. The largest absolute Gasteiger partial charge is 0.481 e. The van der Waals surface area contributed by atoms with Crippen LogP contribution in [0.2, 0.25) is 0 Å². The van der Waals surface area contributed by atoms with Gasteiger partial charge in [-0.2, -0.15) is 0 Å². The number of aliphatic carboxylic acids is 1. The second kappa shape index (κ2) is 5.46. The van der Waals surface area contributed by atoms with Crippen LogP contribution < -0.4 is 10.1 Å². The third-order valence-electron chi connectivity index (χ3n) is 5.89. The minimum absolute atomic E-state index is 0.122. The fourth-order valence-electron chi connectivity index (χ4n) is 3.98. The average molecular weight is 330 g/mol. The number of amides is 1. The van der Waals surface area contributed by atoms with E-state index >= 15 is 0 Å². The van der Waals surface area contributed by atoms with E-state index in [0.29, 0.717) is 30.7 Å². The Hall–Kier alpha value is -2.11. The molecule has 0 radical (unpaired) electrons. The first-order valence-corrected chi connectivity index (χ1v) is 8.69. The molecule has 4 aliphatic rings. The Kier molecular flexibility index (Phi) is 3.51. The van der Waals surface area contributed by atoms with Crippen LogP contribution in [0.25, 0.3) is 0 Å². The molecule has 0 aromatic carbocycles. The lowest BCUT2D eigenvalue weighted by Gasteiger charge is -2.51. The molecule has 2 N–H and O–H groups in total. The van der Waals surface area contributed by atoms with Crippen molar-refractivity contribution < 1.29 is 19.4 Å². The highest BCUT2D eigenvalue weighted by Gasteiger charge is 2.53. The van der Waals surface area contributed by atoms with E-state index in [9.17, 15) is 14.7 Å². The van der Waals surface area contributed by atoms with Gasteiger partial charge in [-0.3, -0.25) is 9.59 Å². The van der Waals surface area contributed by atoms with Gasteiger partial charge >= 0.3 is 5.97 Å². The summed E-state index contributed by atoms with van der Waals surface area (Å²) in [6, 6.07) is 3.39. The van der Waals surface area contributed by atoms with E-state index in [0.717, 1.165) is 32.1 Å². The first-order chi connectivity index (χ1) is 11.5. The van der Waals surface area contributed by atoms with Crippen molar-refractivity contribution in [2.75, 3.05) is 0 Å². The van der Waals surface area contributed by atoms with Crippen LogP contribution in [0.3, 0.4) is 0 Å². The molecule has 0 atom stereocenters. The maximum atomic E-state index is 12.7. The van der Waals surface area contributed by atoms with Gasteiger partial charge in [0.05, 0.1) is 5.41 Å². The van der Waals surface area contributed by atoms with Crippen molar-refractivity contribution in [3.8, 4) is 5.88 Å². The Labute approximate surface area is 140 Å². The van der Waals surface area contributed by atoms with Crippen molar-refractivity contribution in [2.24, 2.45) is 5.41 Å². The van der Waals surface area contributed by atoms with Gasteiger partial charge in [0.2, 0.25) is 5.88 Å². The number of hydrogen-bond acceptors (Lipinski definition) is 4. The lowest BCUT2D eigenvalue weighted by molar-refractivity contribution is -0.156. The number of carboxylic acid groups (broad SMARTS) is 1. The average Bonchev–Trinajstić information content (AvgIpc) is 3.40. The third kappa shape index (κ3) is 2.74. The normalized spacial score (nSPS) is 31.5. The van der Waals surface area contributed by atoms with Crippen molar-refractivity contribution in [3.05, 3.63) is 23.9 Å². The summed E-state index contributed by atoms with van der Waals surface area (Å²) >= 11 is 0. The number of hydrogen-bond donors (Lipinski definition) is 2. The van der Waals surface area contributed by atoms with Crippen LogP contribution in [0, 0.1) is 5.41 Å². The highest BCUT2D eigenvalue weighted by atomic mass is 16.5. The zero-order valence-electron chi connectivity index (χ0n) is 13.6. The fraction of sp³-hybridized carbons (Fsp3) is 0.611. The fourth-order valence-corrected chi connectivity index (χ4v) is 3.98. The minimum Gasteiger partial charge on any atom is -0.481 e. The predicted octanol–water partition coefficient (Wildman–Crippen LogP) is 2.53. The van der Waals surface area contributed by atoms with Crippen LogP contribution in [0.15, 0.2) is 18.3 Å². The summed E-state index contributed by atoms with van der Waals surface area (Å²) in [6.45, 7) is 0. The number of carbonyl (C=O) groups excluding carboxylic acids is 1. The smallest absolute Gasteiger partial charge is 0.309 e. The van der Waals surface area contributed by atoms with Crippen LogP contribution >= 0.6 is 0 Å². The maximum Gasteiger partial charge on any atom is 0.309 e. The Morgan fingerprint density at radius 2 is 1.83 bits per heavy atom. The summed E-state index contributed by atoms with van der Waals surface area (Å²) in [5.41, 5.74) is -0.264. The number of rotatable bonds is 5. The van der Waals surface area contributed by atoms with E-state index < -0.39 is 11.4 Å². The van der Waals surface area contributed by atoms with Crippen molar-refractivity contribution in [1.82, 2.24) is 10.3 Å². The second-order valence-corrected chi connectivity index (χ2v) is 7.52. The second-order valence-electron chi connectivity index (χ2n) is 7.52. The highest BCUT2D eigenvalue weighted by molar-refractivity contribution is 5.95. The monoisotopic (exact) mass is 330 g/mol. The number of pyridine rings is 1. The molecule has 1 heterocycles. The standard InChI is InChI=1S/C18H22N2O4/c21-15(12-3-10-19-14(11-12)24-13-1-2-13)20-18-7-4-17(5-8-18,6-9-18)16(22)23/h3,10-11,13H,1-2,4-9H2,(H,20,21)(H,22,23). The number of fused-ring (bicyclic) bond motifs is 3. The van der Waals surface area contributed by atoms with Crippen molar-refractivity contribution in [1.29, 1.82) is 0 Å². The summed E-state index contributed by atoms with van der Waals surface area (Å²) in [4.78, 5) is 28.3. The van der Waals surface area contributed by atoms with Gasteiger partial charge in [-0.25, -0.2) is 4.98 Å². The molecule has 4 aliphatic carbocycles. The maximum absolute atomic E-state index is 12.7. The van der Waals surface area contributed by atoms with Gasteiger partial charge < -0.3 is 15.2 Å². The molecule has 4 saturated carbocycles. The molecule has 6 nitrogen and oxygen atoms in total. The minimum atomic E-state index is -0.682. The SMILES string of the molecule is O=C(NC12CCC(C(=O)O)(CC1)CC2)c1ccnc(OC2CC2)c1. The number of carbonyl (C=O) groups is 2. The summed E-state index contributed by atoms with van der Waals surface area (Å²) in [7, 11) is 0. The van der Waals surface area contributed by atoms with E-state index in [1.807, 2.05) is 0 Å². The van der Waals surface area contributed by atoms with Gasteiger partial charge in [-0.05, 0) is 57.4 Å². The van der Waals surface area contributed by atoms with Gasteiger partial charge in [0, 0.05) is 23.4 Å². The first-order valence-electron chi connectivity index (χ1n) is 8.69. The molecule has 1 aromatic rings. The van der Waals surface area contributed by atoms with Gasteiger partial charge in [-0.1, -0.05) is 0 Å². The molecule has 128 valence electrons. The Morgan fingerprint density at radius 1 is 1.17 bits per heavy atom. The Balaban J connectivity index is 1.44. The van der Waals surface area contributed by atoms with Crippen LogP contribution in [0.1, 0.15) is 61.7 Å². The van der Waals surface area contributed by atoms with E-state index in [1.165, 1.54) is 0 Å². The summed E-state index contributed by atoms with van der Waals surface area (Å²) < 4.78 is 5.65. The molecule has 5 rings (SSSR count). The molecular formula is C18H22N2O4. The van der Waals surface area contributed by atoms with Gasteiger partial charge in [0.15, 0.2) is 0 Å². The lowest BCUT2D eigenvalue weighted by Crippen LogP contribution is -2.58. The third-order valence-corrected chi connectivity index (χ3v) is 5.89. The zero-order chi connectivity index (χ0) is 16.8. The predicted molar refractivity (Wildman–Crippen MR) is 85.9 cm³/mol. The molecule has 0 saturated heterocycles. The topological polar surface area (TPSA) is 88.5 Å². The number of nitrogens with zero attached hydrogens (tertiary/aromatic N) is 1. The highest BCUT2D eigenvalue weighted by Crippen LogP contribution is 2.52. The summed E-state index contributed by atoms with van der Waals surface area (Å²) in [5, 5.41) is 12.6. The molecule has 6 heteroatoms. The molecule has 1 aromatic heterocycles. The zero-order valence-corrected chi connectivity index (χ0v) is 13.6. The number of carboxylic acids is 1. The van der Waals surface area contributed by atoms with Gasteiger partial charge in [-0.15, -0.1) is 0 Å². The molecule has 0 aliphatic heterocycles. The Bertz CT molecular complexity index is 659. The van der Waals surface area contributed by atoms with Gasteiger partial charge in [0.25, 0.3) is 5.91 Å². The Morgan fingerprint density at radius 3 is 2.42 bits per heavy atom. The molecule has 0 spiro atoms. The summed E-state index contributed by atoms with van der Waals surface area (Å²) in [5.74, 6) is -0.305. The number of aromatic nitrogens is 1.